The van der Waals surface area contributed by atoms with E-state index in [4.69, 9.17) is 37.2 Å². The van der Waals surface area contributed by atoms with Crippen molar-refractivity contribution in [3.8, 4) is 22.8 Å². The van der Waals surface area contributed by atoms with E-state index >= 15 is 0 Å². The lowest BCUT2D eigenvalue weighted by Crippen LogP contribution is -2.23. The van der Waals surface area contributed by atoms with Gasteiger partial charge in [-0.1, -0.05) is 28.4 Å². The van der Waals surface area contributed by atoms with E-state index in [0.29, 0.717) is 46.8 Å². The number of aromatic nitrogens is 1. The van der Waals surface area contributed by atoms with Crippen molar-refractivity contribution in [2.75, 3.05) is 13.2 Å². The summed E-state index contributed by atoms with van der Waals surface area (Å²) < 4.78 is 16.5. The maximum absolute atomic E-state index is 12.3. The van der Waals surface area contributed by atoms with Crippen molar-refractivity contribution in [3.05, 3.63) is 63.8 Å². The summed E-state index contributed by atoms with van der Waals surface area (Å²) in [5.74, 6) is 1.63. The lowest BCUT2D eigenvalue weighted by atomic mass is 10.1. The molecule has 0 radical (unpaired) electrons. The lowest BCUT2D eigenvalue weighted by molar-refractivity contribution is 0.0950. The second-order valence-electron chi connectivity index (χ2n) is 5.85. The Morgan fingerprint density at radius 3 is 2.67 bits per heavy atom. The molecule has 1 aliphatic heterocycles. The number of ether oxygens (including phenoxy) is 2. The maximum atomic E-state index is 12.3. The van der Waals surface area contributed by atoms with Crippen LogP contribution in [0.15, 0.2) is 47.0 Å². The first-order valence-electron chi connectivity index (χ1n) is 8.19. The molecule has 0 aliphatic carbocycles. The number of nitrogens with one attached hydrogen (secondary N) is 1. The molecule has 0 fully saturated rings. The van der Waals surface area contributed by atoms with Gasteiger partial charge in [0, 0.05) is 16.7 Å². The Balaban J connectivity index is 1.44. The fraction of sp³-hybridized carbons (Fsp3) is 0.158. The Hall–Kier alpha value is -2.70. The summed E-state index contributed by atoms with van der Waals surface area (Å²) in [6.07, 6.45) is 0. The van der Waals surface area contributed by atoms with E-state index in [1.807, 2.05) is 18.2 Å². The minimum atomic E-state index is -0.319. The summed E-state index contributed by atoms with van der Waals surface area (Å²) in [6, 6.07) is 12.0. The molecule has 4 rings (SSSR count). The fourth-order valence-electron chi connectivity index (χ4n) is 2.67. The first-order chi connectivity index (χ1) is 13.1. The molecule has 1 N–H and O–H groups in total. The molecule has 8 heteroatoms. The minimum absolute atomic E-state index is 0.200. The van der Waals surface area contributed by atoms with E-state index in [1.165, 1.54) is 6.07 Å². The van der Waals surface area contributed by atoms with Crippen molar-refractivity contribution < 1.29 is 18.8 Å². The predicted octanol–water partition coefficient (Wildman–Crippen LogP) is 4.35. The van der Waals surface area contributed by atoms with Crippen molar-refractivity contribution in [3.63, 3.8) is 0 Å². The van der Waals surface area contributed by atoms with E-state index in [0.717, 1.165) is 5.56 Å². The maximum Gasteiger partial charge on any atom is 0.253 e. The molecule has 0 spiro atoms. The molecule has 6 nitrogen and oxygen atoms in total. The van der Waals surface area contributed by atoms with E-state index in [1.54, 1.807) is 18.2 Å². The number of hydrogen-bond donors (Lipinski definition) is 1. The Labute approximate surface area is 165 Å². The zero-order chi connectivity index (χ0) is 18.8. The molecule has 2 aromatic carbocycles. The second-order valence-corrected chi connectivity index (χ2v) is 6.69. The highest BCUT2D eigenvalue weighted by atomic mass is 35.5. The Morgan fingerprint density at radius 1 is 1.04 bits per heavy atom. The van der Waals surface area contributed by atoms with Gasteiger partial charge in [0.1, 0.15) is 18.9 Å². The molecule has 0 unspecified atom stereocenters. The highest BCUT2D eigenvalue weighted by molar-refractivity contribution is 6.36. The third-order valence-electron chi connectivity index (χ3n) is 3.99. The van der Waals surface area contributed by atoms with Gasteiger partial charge in [-0.3, -0.25) is 4.79 Å². The van der Waals surface area contributed by atoms with E-state index in [9.17, 15) is 4.79 Å². The number of fused-ring (bicyclic) bond motifs is 1. The van der Waals surface area contributed by atoms with Gasteiger partial charge in [0.2, 0.25) is 0 Å². The SMILES string of the molecule is O=C(NCc1cc(-c2ccc3c(c2)OCCO3)on1)c1ccc(Cl)cc1Cl. The van der Waals surface area contributed by atoms with Crippen molar-refractivity contribution >= 4 is 29.1 Å². The van der Waals surface area contributed by atoms with Crippen LogP contribution in [0, 0.1) is 0 Å². The van der Waals surface area contributed by atoms with Crippen molar-refractivity contribution in [1.82, 2.24) is 10.5 Å². The minimum Gasteiger partial charge on any atom is -0.486 e. The Bertz CT molecular complexity index is 1000. The van der Waals surface area contributed by atoms with Gasteiger partial charge in [-0.2, -0.15) is 0 Å². The van der Waals surface area contributed by atoms with Crippen molar-refractivity contribution in [2.24, 2.45) is 0 Å². The molecule has 0 saturated carbocycles. The van der Waals surface area contributed by atoms with Gasteiger partial charge in [-0.05, 0) is 36.4 Å². The number of rotatable bonds is 4. The van der Waals surface area contributed by atoms with Gasteiger partial charge < -0.3 is 19.3 Å². The van der Waals surface area contributed by atoms with Gasteiger partial charge in [0.15, 0.2) is 17.3 Å². The predicted molar refractivity (Wildman–Crippen MR) is 101 cm³/mol. The molecule has 2 heterocycles. The number of hydrogen-bond acceptors (Lipinski definition) is 5. The van der Waals surface area contributed by atoms with E-state index < -0.39 is 0 Å². The molecule has 0 atom stereocenters. The van der Waals surface area contributed by atoms with E-state index in [-0.39, 0.29) is 17.5 Å². The monoisotopic (exact) mass is 404 g/mol. The standard InChI is InChI=1S/C19H14Cl2N2O4/c20-12-2-3-14(15(21)8-12)19(24)22-10-13-9-17(27-23-13)11-1-4-16-18(7-11)26-6-5-25-16/h1-4,7-9H,5-6,10H2,(H,22,24). The Kier molecular flexibility index (Phi) is 4.92. The zero-order valence-electron chi connectivity index (χ0n) is 14.0. The molecule has 1 aromatic heterocycles. The normalized spacial score (nSPS) is 12.7. The highest BCUT2D eigenvalue weighted by Gasteiger charge is 2.16. The zero-order valence-corrected chi connectivity index (χ0v) is 15.5. The number of nitrogens with zero attached hydrogens (tertiary/aromatic N) is 1. The average molecular weight is 405 g/mol. The molecule has 27 heavy (non-hydrogen) atoms. The van der Waals surface area contributed by atoms with Crippen LogP contribution in [0.3, 0.4) is 0 Å². The number of carbonyl (C=O) groups excluding carboxylic acids is 1. The summed E-state index contributed by atoms with van der Waals surface area (Å²) in [7, 11) is 0. The molecule has 1 amide bonds. The van der Waals surface area contributed by atoms with Crippen LogP contribution in [0.4, 0.5) is 0 Å². The Morgan fingerprint density at radius 2 is 1.85 bits per heavy atom. The second kappa shape index (κ2) is 7.50. The molecule has 3 aromatic rings. The largest absolute Gasteiger partial charge is 0.486 e. The summed E-state index contributed by atoms with van der Waals surface area (Å²) in [5, 5.41) is 7.51. The van der Waals surface area contributed by atoms with Crippen molar-refractivity contribution in [2.45, 2.75) is 6.54 Å². The number of carbonyl (C=O) groups is 1. The molecule has 138 valence electrons. The van der Waals surface area contributed by atoms with E-state index in [2.05, 4.69) is 10.5 Å². The van der Waals surface area contributed by atoms with Crippen LogP contribution in [-0.4, -0.2) is 24.3 Å². The van der Waals surface area contributed by atoms with Gasteiger partial charge in [-0.15, -0.1) is 0 Å². The van der Waals surface area contributed by atoms with Crippen LogP contribution in [0.1, 0.15) is 16.1 Å². The summed E-state index contributed by atoms with van der Waals surface area (Å²) in [6.45, 7) is 1.25. The first-order valence-corrected chi connectivity index (χ1v) is 8.94. The molecule has 0 saturated heterocycles. The fourth-order valence-corrected chi connectivity index (χ4v) is 3.16. The van der Waals surface area contributed by atoms with Gasteiger partial charge in [-0.25, -0.2) is 0 Å². The first kappa shape index (κ1) is 17.7. The van der Waals surface area contributed by atoms with Crippen LogP contribution in [0.25, 0.3) is 11.3 Å². The summed E-state index contributed by atoms with van der Waals surface area (Å²) in [5.41, 5.74) is 1.74. The quantitative estimate of drug-likeness (QED) is 0.699. The summed E-state index contributed by atoms with van der Waals surface area (Å²) >= 11 is 11.9. The van der Waals surface area contributed by atoms with Gasteiger partial charge >= 0.3 is 0 Å². The number of amides is 1. The van der Waals surface area contributed by atoms with Crippen LogP contribution < -0.4 is 14.8 Å². The highest BCUT2D eigenvalue weighted by Crippen LogP contribution is 2.34. The third kappa shape index (κ3) is 3.86. The molecule has 0 bridgehead atoms. The topological polar surface area (TPSA) is 73.6 Å². The number of benzene rings is 2. The van der Waals surface area contributed by atoms with Gasteiger partial charge in [0.05, 0.1) is 17.1 Å². The average Bonchev–Trinajstić information content (AvgIpc) is 3.15. The molecular weight excluding hydrogens is 391 g/mol. The molecular formula is C19H14Cl2N2O4. The lowest BCUT2D eigenvalue weighted by Gasteiger charge is -2.18. The van der Waals surface area contributed by atoms with Crippen molar-refractivity contribution in [1.29, 1.82) is 0 Å². The summed E-state index contributed by atoms with van der Waals surface area (Å²) in [4.78, 5) is 12.3. The van der Waals surface area contributed by atoms with Gasteiger partial charge in [0.25, 0.3) is 5.91 Å². The molecule has 1 aliphatic rings. The third-order valence-corrected chi connectivity index (χ3v) is 4.54. The van der Waals surface area contributed by atoms with Crippen LogP contribution >= 0.6 is 23.2 Å². The smallest absolute Gasteiger partial charge is 0.253 e. The van der Waals surface area contributed by atoms with Crippen LogP contribution in [0.2, 0.25) is 10.0 Å². The number of halogens is 2. The van der Waals surface area contributed by atoms with Crippen LogP contribution in [-0.2, 0) is 6.54 Å². The van der Waals surface area contributed by atoms with Crippen LogP contribution in [0.5, 0.6) is 11.5 Å².